The van der Waals surface area contributed by atoms with Crippen LogP contribution < -0.4 is 9.47 Å². The Hall–Kier alpha value is -3.27. The highest BCUT2D eigenvalue weighted by Crippen LogP contribution is 2.21. The third kappa shape index (κ3) is 4.86. The van der Waals surface area contributed by atoms with Gasteiger partial charge < -0.3 is 14.4 Å². The van der Waals surface area contributed by atoms with Gasteiger partial charge in [0.05, 0.1) is 6.54 Å². The van der Waals surface area contributed by atoms with Crippen molar-refractivity contribution < 1.29 is 14.3 Å². The van der Waals surface area contributed by atoms with Crippen molar-refractivity contribution in [2.45, 2.75) is 0 Å². The fourth-order valence-electron chi connectivity index (χ4n) is 2.43. The van der Waals surface area contributed by atoms with E-state index in [-0.39, 0.29) is 5.91 Å². The molecule has 132 valence electrons. The molecule has 1 amide bonds. The monoisotopic (exact) mass is 347 g/mol. The van der Waals surface area contributed by atoms with Crippen LogP contribution in [-0.4, -0.2) is 31.0 Å². The number of carbonyl (C=O) groups excluding carboxylic acids is 1. The third-order valence-corrected chi connectivity index (χ3v) is 3.87. The Kier molecular flexibility index (Phi) is 5.88. The second-order valence-corrected chi connectivity index (χ2v) is 5.83. The van der Waals surface area contributed by atoms with Crippen LogP contribution in [0.5, 0.6) is 17.2 Å². The molecule has 0 N–H and O–H groups in total. The number of para-hydroxylation sites is 2. The summed E-state index contributed by atoms with van der Waals surface area (Å²) in [6, 6.07) is 26.3. The maximum Gasteiger partial charge on any atom is 0.253 e. The molecule has 0 unspecified atom stereocenters. The van der Waals surface area contributed by atoms with E-state index in [1.807, 2.05) is 60.7 Å². The average Bonchev–Trinajstić information content (AvgIpc) is 2.69. The highest BCUT2D eigenvalue weighted by atomic mass is 16.5. The molecule has 0 aliphatic rings. The van der Waals surface area contributed by atoms with Crippen LogP contribution in [0, 0.1) is 0 Å². The molecular formula is C22H21NO3. The molecular weight excluding hydrogens is 326 g/mol. The maximum absolute atomic E-state index is 12.5. The van der Waals surface area contributed by atoms with E-state index in [2.05, 4.69) is 0 Å². The van der Waals surface area contributed by atoms with Crippen molar-refractivity contribution in [3.05, 3.63) is 90.5 Å². The van der Waals surface area contributed by atoms with E-state index in [0.717, 1.165) is 11.5 Å². The summed E-state index contributed by atoms with van der Waals surface area (Å²) in [6.07, 6.45) is 0. The number of amides is 1. The van der Waals surface area contributed by atoms with Crippen LogP contribution in [-0.2, 0) is 0 Å². The Balaban J connectivity index is 1.52. The number of likely N-dealkylation sites (N-methyl/N-ethyl adjacent to an activating group) is 1. The van der Waals surface area contributed by atoms with Crippen molar-refractivity contribution in [1.29, 1.82) is 0 Å². The Labute approximate surface area is 153 Å². The Morgan fingerprint density at radius 2 is 1.31 bits per heavy atom. The quantitative estimate of drug-likeness (QED) is 0.625. The first-order valence-corrected chi connectivity index (χ1v) is 8.48. The zero-order valence-electron chi connectivity index (χ0n) is 14.7. The summed E-state index contributed by atoms with van der Waals surface area (Å²) >= 11 is 0. The predicted molar refractivity (Wildman–Crippen MR) is 102 cm³/mol. The highest BCUT2D eigenvalue weighted by Gasteiger charge is 2.11. The van der Waals surface area contributed by atoms with Crippen molar-refractivity contribution in [2.24, 2.45) is 0 Å². The summed E-state index contributed by atoms with van der Waals surface area (Å²) in [6.45, 7) is 0.956. The van der Waals surface area contributed by atoms with Gasteiger partial charge in [-0.15, -0.1) is 0 Å². The van der Waals surface area contributed by atoms with E-state index in [9.17, 15) is 4.79 Å². The Morgan fingerprint density at radius 3 is 1.92 bits per heavy atom. The molecule has 4 nitrogen and oxygen atoms in total. The van der Waals surface area contributed by atoms with Gasteiger partial charge in [-0.1, -0.05) is 36.4 Å². The summed E-state index contributed by atoms with van der Waals surface area (Å²) in [5.41, 5.74) is 0.618. The van der Waals surface area contributed by atoms with E-state index in [1.54, 1.807) is 36.2 Å². The lowest BCUT2D eigenvalue weighted by molar-refractivity contribution is 0.0774. The van der Waals surface area contributed by atoms with Crippen molar-refractivity contribution in [3.63, 3.8) is 0 Å². The van der Waals surface area contributed by atoms with Gasteiger partial charge in [-0.3, -0.25) is 4.79 Å². The van der Waals surface area contributed by atoms with E-state index in [4.69, 9.17) is 9.47 Å². The fourth-order valence-corrected chi connectivity index (χ4v) is 2.43. The molecule has 0 bridgehead atoms. The molecule has 0 spiro atoms. The van der Waals surface area contributed by atoms with Gasteiger partial charge in [-0.05, 0) is 48.5 Å². The van der Waals surface area contributed by atoms with Gasteiger partial charge in [0.15, 0.2) is 0 Å². The first-order valence-electron chi connectivity index (χ1n) is 8.48. The topological polar surface area (TPSA) is 38.8 Å². The second kappa shape index (κ2) is 8.72. The molecule has 0 radical (unpaired) electrons. The number of hydrogen-bond acceptors (Lipinski definition) is 3. The largest absolute Gasteiger partial charge is 0.492 e. The SMILES string of the molecule is CN(CCOc1ccccc1)C(=O)c1ccc(Oc2ccccc2)cc1. The number of nitrogens with zero attached hydrogens (tertiary/aromatic N) is 1. The van der Waals surface area contributed by atoms with Crippen molar-refractivity contribution >= 4 is 5.91 Å². The Bertz CT molecular complexity index is 817. The fraction of sp³-hybridized carbons (Fsp3) is 0.136. The third-order valence-electron chi connectivity index (χ3n) is 3.87. The number of hydrogen-bond donors (Lipinski definition) is 0. The molecule has 0 aliphatic carbocycles. The van der Waals surface area contributed by atoms with Crippen LogP contribution in [0.2, 0.25) is 0 Å². The number of benzene rings is 3. The summed E-state index contributed by atoms with van der Waals surface area (Å²) in [4.78, 5) is 14.1. The molecule has 0 fully saturated rings. The summed E-state index contributed by atoms with van der Waals surface area (Å²) < 4.78 is 11.4. The van der Waals surface area contributed by atoms with E-state index in [0.29, 0.717) is 24.5 Å². The van der Waals surface area contributed by atoms with Gasteiger partial charge in [0.1, 0.15) is 23.9 Å². The molecule has 0 saturated heterocycles. The molecule has 0 atom stereocenters. The van der Waals surface area contributed by atoms with Crippen LogP contribution in [0.25, 0.3) is 0 Å². The van der Waals surface area contributed by atoms with Crippen molar-refractivity contribution in [3.8, 4) is 17.2 Å². The number of rotatable bonds is 7. The van der Waals surface area contributed by atoms with Gasteiger partial charge in [0.25, 0.3) is 5.91 Å². The van der Waals surface area contributed by atoms with E-state index >= 15 is 0 Å². The van der Waals surface area contributed by atoms with Gasteiger partial charge in [0.2, 0.25) is 0 Å². The van der Waals surface area contributed by atoms with Crippen LogP contribution in [0.1, 0.15) is 10.4 Å². The molecule has 3 aromatic carbocycles. The van der Waals surface area contributed by atoms with Gasteiger partial charge in [0, 0.05) is 12.6 Å². The summed E-state index contributed by atoms with van der Waals surface area (Å²) in [7, 11) is 1.77. The van der Waals surface area contributed by atoms with Crippen molar-refractivity contribution in [2.75, 3.05) is 20.2 Å². The summed E-state index contributed by atoms with van der Waals surface area (Å²) in [5, 5.41) is 0. The Morgan fingerprint density at radius 1 is 0.769 bits per heavy atom. The molecule has 3 aromatic rings. The van der Waals surface area contributed by atoms with Crippen LogP contribution in [0.3, 0.4) is 0 Å². The highest BCUT2D eigenvalue weighted by molar-refractivity contribution is 5.94. The first kappa shape index (κ1) is 17.5. The maximum atomic E-state index is 12.5. The predicted octanol–water partition coefficient (Wildman–Crippen LogP) is 4.63. The van der Waals surface area contributed by atoms with Gasteiger partial charge >= 0.3 is 0 Å². The minimum absolute atomic E-state index is 0.0482. The zero-order valence-corrected chi connectivity index (χ0v) is 14.7. The molecule has 4 heteroatoms. The van der Waals surface area contributed by atoms with Crippen molar-refractivity contribution in [1.82, 2.24) is 4.90 Å². The lowest BCUT2D eigenvalue weighted by Gasteiger charge is -2.17. The van der Waals surface area contributed by atoms with Gasteiger partial charge in [-0.2, -0.15) is 0 Å². The van der Waals surface area contributed by atoms with E-state index in [1.165, 1.54) is 0 Å². The van der Waals surface area contributed by atoms with Crippen LogP contribution in [0.15, 0.2) is 84.9 Å². The average molecular weight is 347 g/mol. The van der Waals surface area contributed by atoms with E-state index < -0.39 is 0 Å². The normalized spacial score (nSPS) is 10.2. The zero-order chi connectivity index (χ0) is 18.2. The molecule has 26 heavy (non-hydrogen) atoms. The second-order valence-electron chi connectivity index (χ2n) is 5.83. The summed E-state index contributed by atoms with van der Waals surface area (Å²) in [5.74, 6) is 2.22. The molecule has 0 heterocycles. The molecule has 3 rings (SSSR count). The lowest BCUT2D eigenvalue weighted by Crippen LogP contribution is -2.30. The van der Waals surface area contributed by atoms with Crippen LogP contribution in [0.4, 0.5) is 0 Å². The van der Waals surface area contributed by atoms with Crippen LogP contribution >= 0.6 is 0 Å². The number of carbonyl (C=O) groups is 1. The standard InChI is InChI=1S/C22H21NO3/c1-23(16-17-25-19-8-4-2-5-9-19)22(24)18-12-14-21(15-13-18)26-20-10-6-3-7-11-20/h2-15H,16-17H2,1H3. The molecule has 0 aliphatic heterocycles. The number of ether oxygens (including phenoxy) is 2. The lowest BCUT2D eigenvalue weighted by atomic mass is 10.2. The smallest absolute Gasteiger partial charge is 0.253 e. The first-order chi connectivity index (χ1) is 12.7. The molecule has 0 saturated carbocycles. The minimum Gasteiger partial charge on any atom is -0.492 e. The minimum atomic E-state index is -0.0482. The van der Waals surface area contributed by atoms with Gasteiger partial charge in [-0.25, -0.2) is 0 Å². The molecule has 0 aromatic heterocycles.